The first kappa shape index (κ1) is 16.1. The zero-order valence-corrected chi connectivity index (χ0v) is 14.8. The lowest BCUT2D eigenvalue weighted by atomic mass is 10.1. The van der Waals surface area contributed by atoms with Gasteiger partial charge in [-0.3, -0.25) is 4.79 Å². The Morgan fingerprint density at radius 2 is 2.19 bits per heavy atom. The van der Waals surface area contributed by atoms with Crippen LogP contribution in [-0.2, 0) is 0 Å². The second-order valence-corrected chi connectivity index (χ2v) is 8.11. The number of hydrogen-bond acceptors (Lipinski definition) is 4. The molecule has 2 aliphatic heterocycles. The number of pyridine rings is 1. The number of halogens is 2. The SMILES string of the molecule is CC12CN(c3c(F)cc4c(=O)c(C(=O)O)cn(C5CC5)c4c3Cl)CC1N2. The molecule has 1 aliphatic carbocycles. The van der Waals surface area contributed by atoms with Crippen molar-refractivity contribution in [2.45, 2.75) is 37.4 Å². The first-order valence-corrected chi connectivity index (χ1v) is 9.01. The molecule has 2 atom stereocenters. The lowest BCUT2D eigenvalue weighted by Crippen LogP contribution is -2.32. The first-order valence-electron chi connectivity index (χ1n) is 8.63. The summed E-state index contributed by atoms with van der Waals surface area (Å²) in [5.41, 5.74) is -0.347. The minimum absolute atomic E-state index is 0.0198. The van der Waals surface area contributed by atoms with Gasteiger partial charge in [0.15, 0.2) is 0 Å². The minimum atomic E-state index is -1.31. The van der Waals surface area contributed by atoms with E-state index in [1.165, 1.54) is 6.20 Å². The van der Waals surface area contributed by atoms with Crippen molar-refractivity contribution in [3.8, 4) is 0 Å². The van der Waals surface area contributed by atoms with Crippen LogP contribution in [0.1, 0.15) is 36.2 Å². The van der Waals surface area contributed by atoms with Crippen LogP contribution in [0, 0.1) is 5.82 Å². The lowest BCUT2D eigenvalue weighted by molar-refractivity contribution is 0.0695. The number of anilines is 1. The van der Waals surface area contributed by atoms with Crippen molar-refractivity contribution < 1.29 is 14.3 Å². The van der Waals surface area contributed by atoms with Gasteiger partial charge in [-0.2, -0.15) is 0 Å². The highest BCUT2D eigenvalue weighted by molar-refractivity contribution is 6.38. The van der Waals surface area contributed by atoms with E-state index in [0.717, 1.165) is 18.9 Å². The molecule has 0 bridgehead atoms. The maximum Gasteiger partial charge on any atom is 0.341 e. The Bertz CT molecular complexity index is 1050. The smallest absolute Gasteiger partial charge is 0.341 e. The number of nitrogens with one attached hydrogen (secondary N) is 1. The number of aromatic nitrogens is 1. The topological polar surface area (TPSA) is 84.5 Å². The third-order valence-electron chi connectivity index (χ3n) is 5.78. The minimum Gasteiger partial charge on any atom is -0.477 e. The molecule has 1 aromatic heterocycles. The van der Waals surface area contributed by atoms with Gasteiger partial charge in [-0.1, -0.05) is 11.6 Å². The molecule has 8 heteroatoms. The molecule has 3 fully saturated rings. The van der Waals surface area contributed by atoms with E-state index in [0.29, 0.717) is 30.3 Å². The monoisotopic (exact) mass is 377 g/mol. The normalized spacial score (nSPS) is 27.0. The van der Waals surface area contributed by atoms with Crippen molar-refractivity contribution in [3.05, 3.63) is 38.9 Å². The van der Waals surface area contributed by atoms with Crippen LogP contribution in [0.4, 0.5) is 10.1 Å². The molecule has 3 aliphatic rings. The molecule has 3 heterocycles. The van der Waals surface area contributed by atoms with Gasteiger partial charge in [0.1, 0.15) is 11.4 Å². The van der Waals surface area contributed by atoms with Crippen molar-refractivity contribution in [1.82, 2.24) is 9.88 Å². The summed E-state index contributed by atoms with van der Waals surface area (Å²) in [5, 5.41) is 12.9. The Hall–Kier alpha value is -2.12. The molecule has 1 aromatic carbocycles. The maximum absolute atomic E-state index is 14.9. The van der Waals surface area contributed by atoms with Crippen molar-refractivity contribution in [2.75, 3.05) is 18.0 Å². The van der Waals surface area contributed by atoms with Gasteiger partial charge >= 0.3 is 5.97 Å². The Labute approximate surface area is 153 Å². The van der Waals surface area contributed by atoms with Gasteiger partial charge in [0.05, 0.1) is 27.2 Å². The zero-order valence-electron chi connectivity index (χ0n) is 14.1. The average molecular weight is 378 g/mol. The van der Waals surface area contributed by atoms with Crippen LogP contribution in [0.5, 0.6) is 0 Å². The van der Waals surface area contributed by atoms with E-state index in [1.807, 2.05) is 4.90 Å². The van der Waals surface area contributed by atoms with Crippen molar-refractivity contribution >= 4 is 34.2 Å². The number of fused-ring (bicyclic) bond motifs is 2. The molecule has 2 saturated heterocycles. The summed E-state index contributed by atoms with van der Waals surface area (Å²) in [5.74, 6) is -1.90. The summed E-state index contributed by atoms with van der Waals surface area (Å²) in [6.07, 6.45) is 3.12. The Morgan fingerprint density at radius 1 is 1.46 bits per heavy atom. The third-order valence-corrected chi connectivity index (χ3v) is 6.14. The number of carboxylic acids is 1. The van der Waals surface area contributed by atoms with Crippen molar-refractivity contribution in [2.24, 2.45) is 0 Å². The molecule has 2 unspecified atom stereocenters. The second-order valence-electron chi connectivity index (χ2n) is 7.73. The van der Waals surface area contributed by atoms with E-state index >= 15 is 0 Å². The van der Waals surface area contributed by atoms with Crippen LogP contribution in [0.25, 0.3) is 10.9 Å². The molecule has 0 radical (unpaired) electrons. The molecule has 26 heavy (non-hydrogen) atoms. The summed E-state index contributed by atoms with van der Waals surface area (Å²) in [6.45, 7) is 3.38. The van der Waals surface area contributed by atoms with Gasteiger partial charge in [0.2, 0.25) is 5.43 Å². The van der Waals surface area contributed by atoms with E-state index in [-0.39, 0.29) is 27.6 Å². The molecule has 2 N–H and O–H groups in total. The molecule has 0 spiro atoms. The Morgan fingerprint density at radius 3 is 2.77 bits per heavy atom. The average Bonchev–Trinajstić information content (AvgIpc) is 3.47. The lowest BCUT2D eigenvalue weighted by Gasteiger charge is -2.25. The predicted octanol–water partition coefficient (Wildman–Crippen LogP) is 2.38. The van der Waals surface area contributed by atoms with Gasteiger partial charge in [0, 0.05) is 31.4 Å². The fraction of sp³-hybridized carbons (Fsp3) is 0.444. The van der Waals surface area contributed by atoms with Crippen molar-refractivity contribution in [3.63, 3.8) is 0 Å². The van der Waals surface area contributed by atoms with E-state index < -0.39 is 17.2 Å². The number of carboxylic acid groups (broad SMARTS) is 1. The van der Waals surface area contributed by atoms with Gasteiger partial charge in [-0.05, 0) is 25.8 Å². The maximum atomic E-state index is 14.9. The third kappa shape index (κ3) is 2.13. The first-order chi connectivity index (χ1) is 12.3. The molecule has 2 aromatic rings. The fourth-order valence-electron chi connectivity index (χ4n) is 4.13. The summed E-state index contributed by atoms with van der Waals surface area (Å²) in [7, 11) is 0. The molecule has 0 amide bonds. The van der Waals surface area contributed by atoms with Crippen LogP contribution >= 0.6 is 11.6 Å². The van der Waals surface area contributed by atoms with Gasteiger partial charge in [-0.25, -0.2) is 9.18 Å². The van der Waals surface area contributed by atoms with E-state index in [9.17, 15) is 19.1 Å². The largest absolute Gasteiger partial charge is 0.477 e. The number of piperazine rings is 1. The van der Waals surface area contributed by atoms with Gasteiger partial charge in [-0.15, -0.1) is 0 Å². The molecule has 1 saturated carbocycles. The van der Waals surface area contributed by atoms with Gasteiger partial charge in [0.25, 0.3) is 0 Å². The highest BCUT2D eigenvalue weighted by atomic mass is 35.5. The van der Waals surface area contributed by atoms with E-state index in [1.54, 1.807) is 4.57 Å². The quantitative estimate of drug-likeness (QED) is 0.802. The summed E-state index contributed by atoms with van der Waals surface area (Å²) in [4.78, 5) is 25.9. The Kier molecular flexibility index (Phi) is 3.08. The predicted molar refractivity (Wildman–Crippen MR) is 95.9 cm³/mol. The molecular weight excluding hydrogens is 361 g/mol. The Balaban J connectivity index is 1.77. The summed E-state index contributed by atoms with van der Waals surface area (Å²) in [6, 6.07) is 1.55. The second kappa shape index (κ2) is 4.98. The molecule has 5 rings (SSSR count). The van der Waals surface area contributed by atoms with Crippen LogP contribution in [0.2, 0.25) is 5.02 Å². The molecule has 136 valence electrons. The van der Waals surface area contributed by atoms with Crippen LogP contribution in [0.15, 0.2) is 17.1 Å². The molecular formula is C18H17ClFN3O3. The van der Waals surface area contributed by atoms with Crippen LogP contribution in [0.3, 0.4) is 0 Å². The number of carbonyl (C=O) groups is 1. The standard InChI is InChI=1S/C18H17ClFN3O3/c1-18-7-22(6-12(18)21-18)15-11(20)4-9-14(13(15)19)23(8-2-3-8)5-10(16(9)24)17(25)26/h4-5,8,12,21H,2-3,6-7H2,1H3,(H,25,26). The van der Waals surface area contributed by atoms with Crippen LogP contribution < -0.4 is 15.6 Å². The number of benzene rings is 1. The summed E-state index contributed by atoms with van der Waals surface area (Å²) >= 11 is 6.61. The number of rotatable bonds is 3. The van der Waals surface area contributed by atoms with E-state index in [4.69, 9.17) is 11.6 Å². The number of nitrogens with zero attached hydrogens (tertiary/aromatic N) is 2. The van der Waals surface area contributed by atoms with Gasteiger partial charge < -0.3 is 19.9 Å². The summed E-state index contributed by atoms with van der Waals surface area (Å²) < 4.78 is 16.7. The van der Waals surface area contributed by atoms with Crippen molar-refractivity contribution in [1.29, 1.82) is 0 Å². The van der Waals surface area contributed by atoms with E-state index in [2.05, 4.69) is 12.2 Å². The number of aromatic carboxylic acids is 1. The highest BCUT2D eigenvalue weighted by Gasteiger charge is 2.56. The number of hydrogen-bond donors (Lipinski definition) is 2. The zero-order chi connectivity index (χ0) is 18.4. The highest BCUT2D eigenvalue weighted by Crippen LogP contribution is 2.45. The van der Waals surface area contributed by atoms with Crippen LogP contribution in [-0.4, -0.2) is 40.3 Å². The molecule has 6 nitrogen and oxygen atoms in total. The fourth-order valence-corrected chi connectivity index (χ4v) is 4.53.